The van der Waals surface area contributed by atoms with Crippen molar-refractivity contribution in [2.45, 2.75) is 6.54 Å². The predicted molar refractivity (Wildman–Crippen MR) is 69.2 cm³/mol. The molecule has 2 N–H and O–H groups in total. The molecular formula is C11H9ClN4S. The lowest BCUT2D eigenvalue weighted by atomic mass is 10.3. The molecule has 3 aromatic heterocycles. The highest BCUT2D eigenvalue weighted by molar-refractivity contribution is 7.19. The average molecular weight is 265 g/mol. The van der Waals surface area contributed by atoms with Crippen LogP contribution in [0.4, 0.5) is 0 Å². The molecule has 0 radical (unpaired) electrons. The third-order valence-electron chi connectivity index (χ3n) is 2.50. The molecule has 0 saturated carbocycles. The second-order valence-electron chi connectivity index (χ2n) is 3.50. The van der Waals surface area contributed by atoms with Crippen LogP contribution in [0.25, 0.3) is 16.3 Å². The van der Waals surface area contributed by atoms with Gasteiger partial charge < -0.3 is 5.73 Å². The lowest BCUT2D eigenvalue weighted by Crippen LogP contribution is -2.02. The number of fused-ring (bicyclic) bond motifs is 1. The Labute approximate surface area is 107 Å². The molecule has 86 valence electrons. The number of aromatic nitrogens is 3. The van der Waals surface area contributed by atoms with E-state index in [4.69, 9.17) is 17.3 Å². The van der Waals surface area contributed by atoms with Crippen LogP contribution in [-0.2, 0) is 6.54 Å². The van der Waals surface area contributed by atoms with Crippen molar-refractivity contribution in [1.82, 2.24) is 14.4 Å². The number of halogens is 1. The molecule has 3 aromatic rings. The van der Waals surface area contributed by atoms with Gasteiger partial charge in [0.25, 0.3) is 0 Å². The molecule has 0 aliphatic heterocycles. The molecule has 0 aliphatic carbocycles. The van der Waals surface area contributed by atoms with Crippen molar-refractivity contribution in [2.24, 2.45) is 5.73 Å². The quantitative estimate of drug-likeness (QED) is 0.774. The molecule has 6 heteroatoms. The van der Waals surface area contributed by atoms with Gasteiger partial charge in [0.1, 0.15) is 5.69 Å². The van der Waals surface area contributed by atoms with E-state index >= 15 is 0 Å². The van der Waals surface area contributed by atoms with Crippen molar-refractivity contribution in [2.75, 3.05) is 0 Å². The van der Waals surface area contributed by atoms with E-state index in [9.17, 15) is 0 Å². The van der Waals surface area contributed by atoms with Crippen LogP contribution >= 0.6 is 22.9 Å². The Morgan fingerprint density at radius 2 is 2.29 bits per heavy atom. The van der Waals surface area contributed by atoms with E-state index in [1.54, 1.807) is 6.20 Å². The van der Waals surface area contributed by atoms with Crippen LogP contribution in [0.15, 0.2) is 30.6 Å². The minimum atomic E-state index is 0.414. The Hall–Kier alpha value is -1.43. The maximum absolute atomic E-state index is 5.94. The maximum atomic E-state index is 5.94. The number of hydrogen-bond acceptors (Lipinski definition) is 4. The molecule has 0 unspecified atom stereocenters. The number of imidazole rings is 1. The van der Waals surface area contributed by atoms with Gasteiger partial charge in [-0.2, -0.15) is 0 Å². The summed E-state index contributed by atoms with van der Waals surface area (Å²) in [4.78, 5) is 9.72. The SMILES string of the molecule is NCc1c(-c2ccc(Cl)s2)nc2ncccn12. The van der Waals surface area contributed by atoms with Gasteiger partial charge in [-0.25, -0.2) is 9.97 Å². The molecule has 0 atom stereocenters. The molecular weight excluding hydrogens is 256 g/mol. The van der Waals surface area contributed by atoms with Crippen molar-refractivity contribution in [1.29, 1.82) is 0 Å². The van der Waals surface area contributed by atoms with Crippen molar-refractivity contribution in [3.05, 3.63) is 40.6 Å². The van der Waals surface area contributed by atoms with Gasteiger partial charge in [-0.1, -0.05) is 11.6 Å². The number of rotatable bonds is 2. The van der Waals surface area contributed by atoms with Crippen LogP contribution in [0.2, 0.25) is 4.34 Å². The van der Waals surface area contributed by atoms with Crippen molar-refractivity contribution in [3.63, 3.8) is 0 Å². The maximum Gasteiger partial charge on any atom is 0.234 e. The fourth-order valence-corrected chi connectivity index (χ4v) is 2.82. The summed E-state index contributed by atoms with van der Waals surface area (Å²) in [6, 6.07) is 5.67. The van der Waals surface area contributed by atoms with E-state index in [2.05, 4.69) is 9.97 Å². The van der Waals surface area contributed by atoms with Gasteiger partial charge in [-0.05, 0) is 18.2 Å². The fourth-order valence-electron chi connectivity index (χ4n) is 1.77. The second kappa shape index (κ2) is 4.10. The first-order chi connectivity index (χ1) is 8.29. The predicted octanol–water partition coefficient (Wildman–Crippen LogP) is 2.57. The van der Waals surface area contributed by atoms with E-state index < -0.39 is 0 Å². The Balaban J connectivity index is 2.29. The lowest BCUT2D eigenvalue weighted by molar-refractivity contribution is 0.950. The summed E-state index contributed by atoms with van der Waals surface area (Å²) >= 11 is 7.43. The Bertz CT molecular complexity index is 673. The average Bonchev–Trinajstić information content (AvgIpc) is 2.91. The highest BCUT2D eigenvalue weighted by atomic mass is 35.5. The topological polar surface area (TPSA) is 56.2 Å². The Kier molecular flexibility index (Phi) is 2.58. The normalized spacial score (nSPS) is 11.2. The third-order valence-corrected chi connectivity index (χ3v) is 3.74. The lowest BCUT2D eigenvalue weighted by Gasteiger charge is -1.98. The summed E-state index contributed by atoms with van der Waals surface area (Å²) in [5, 5.41) is 0. The van der Waals surface area contributed by atoms with Crippen molar-refractivity contribution >= 4 is 28.7 Å². The zero-order chi connectivity index (χ0) is 11.8. The number of nitrogens with zero attached hydrogens (tertiary/aromatic N) is 3. The van der Waals surface area contributed by atoms with Gasteiger partial charge in [0.05, 0.1) is 14.9 Å². The smallest absolute Gasteiger partial charge is 0.234 e. The van der Waals surface area contributed by atoms with Gasteiger partial charge in [0.15, 0.2) is 0 Å². The van der Waals surface area contributed by atoms with Crippen LogP contribution in [0.5, 0.6) is 0 Å². The van der Waals surface area contributed by atoms with Crippen LogP contribution < -0.4 is 5.73 Å². The van der Waals surface area contributed by atoms with Crippen LogP contribution in [0.3, 0.4) is 0 Å². The molecule has 4 nitrogen and oxygen atoms in total. The van der Waals surface area contributed by atoms with Gasteiger partial charge in [0, 0.05) is 18.9 Å². The number of hydrogen-bond donors (Lipinski definition) is 1. The van der Waals surface area contributed by atoms with Crippen molar-refractivity contribution < 1.29 is 0 Å². The molecule has 0 aromatic carbocycles. The Morgan fingerprint density at radius 1 is 1.41 bits per heavy atom. The van der Waals surface area contributed by atoms with Gasteiger partial charge in [0.2, 0.25) is 5.78 Å². The standard InChI is InChI=1S/C11H9ClN4S/c12-9-3-2-8(17-9)10-7(6-13)16-5-1-4-14-11(16)15-10/h1-5H,6,13H2. The molecule has 0 bridgehead atoms. The largest absolute Gasteiger partial charge is 0.325 e. The molecule has 17 heavy (non-hydrogen) atoms. The minimum Gasteiger partial charge on any atom is -0.325 e. The van der Waals surface area contributed by atoms with Crippen LogP contribution in [0.1, 0.15) is 5.69 Å². The van der Waals surface area contributed by atoms with Gasteiger partial charge in [-0.15, -0.1) is 11.3 Å². The van der Waals surface area contributed by atoms with Gasteiger partial charge >= 0.3 is 0 Å². The first-order valence-corrected chi connectivity index (χ1v) is 6.27. The Morgan fingerprint density at radius 3 is 3.00 bits per heavy atom. The molecule has 0 aliphatic rings. The first kappa shape index (κ1) is 10.7. The highest BCUT2D eigenvalue weighted by Gasteiger charge is 2.14. The fraction of sp³-hybridized carbons (Fsp3) is 0.0909. The van der Waals surface area contributed by atoms with Crippen molar-refractivity contribution in [3.8, 4) is 10.6 Å². The first-order valence-electron chi connectivity index (χ1n) is 5.07. The molecule has 0 saturated heterocycles. The molecule has 0 amide bonds. The van der Waals surface area contributed by atoms with Crippen LogP contribution in [0, 0.1) is 0 Å². The number of thiophene rings is 1. The van der Waals surface area contributed by atoms with E-state index in [0.29, 0.717) is 12.3 Å². The highest BCUT2D eigenvalue weighted by Crippen LogP contribution is 2.32. The molecule has 3 rings (SSSR count). The summed E-state index contributed by atoms with van der Waals surface area (Å²) < 4.78 is 2.65. The molecule has 0 fully saturated rings. The summed E-state index contributed by atoms with van der Waals surface area (Å²) in [6.07, 6.45) is 3.63. The van der Waals surface area contributed by atoms with Gasteiger partial charge in [-0.3, -0.25) is 4.40 Å². The molecule has 0 spiro atoms. The van der Waals surface area contributed by atoms with E-state index in [-0.39, 0.29) is 0 Å². The third kappa shape index (κ3) is 1.72. The summed E-state index contributed by atoms with van der Waals surface area (Å²) in [7, 11) is 0. The summed E-state index contributed by atoms with van der Waals surface area (Å²) in [5.41, 5.74) is 7.60. The number of nitrogens with two attached hydrogens (primary N) is 1. The van der Waals surface area contributed by atoms with E-state index in [0.717, 1.165) is 20.6 Å². The monoisotopic (exact) mass is 264 g/mol. The van der Waals surface area contributed by atoms with E-state index in [1.807, 2.05) is 28.8 Å². The summed E-state index contributed by atoms with van der Waals surface area (Å²) in [5.74, 6) is 0.660. The zero-order valence-corrected chi connectivity index (χ0v) is 10.4. The minimum absolute atomic E-state index is 0.414. The zero-order valence-electron chi connectivity index (χ0n) is 8.80. The summed E-state index contributed by atoms with van der Waals surface area (Å²) in [6.45, 7) is 0.414. The molecule has 3 heterocycles. The second-order valence-corrected chi connectivity index (χ2v) is 5.22. The van der Waals surface area contributed by atoms with Crippen LogP contribution in [-0.4, -0.2) is 14.4 Å². The van der Waals surface area contributed by atoms with E-state index in [1.165, 1.54) is 11.3 Å².